The molecule has 0 aliphatic carbocycles. The van der Waals surface area contributed by atoms with Crippen molar-refractivity contribution >= 4 is 11.6 Å². The molecule has 1 aliphatic rings. The number of nitrogens with one attached hydrogen (secondary N) is 1. The van der Waals surface area contributed by atoms with Crippen LogP contribution in [0.4, 0.5) is 5.69 Å². The second kappa shape index (κ2) is 7.14. The van der Waals surface area contributed by atoms with Gasteiger partial charge in [0.05, 0.1) is 0 Å². The fourth-order valence-corrected chi connectivity index (χ4v) is 2.34. The lowest BCUT2D eigenvalue weighted by Crippen LogP contribution is -2.42. The standard InChI is InChI=1S/C15H23N3O2/c1-12(18-8-2-3-9-18)10-17-15(19)11-20-14-6-4-13(16)5-7-14/h4-7,12H,2-3,8-11,16H2,1H3,(H,17,19). The van der Waals surface area contributed by atoms with Crippen LogP contribution < -0.4 is 15.8 Å². The van der Waals surface area contributed by atoms with Gasteiger partial charge < -0.3 is 15.8 Å². The molecule has 0 bridgehead atoms. The maximum Gasteiger partial charge on any atom is 0.257 e. The first-order valence-electron chi connectivity index (χ1n) is 7.14. The van der Waals surface area contributed by atoms with Crippen LogP contribution in [0.25, 0.3) is 0 Å². The lowest BCUT2D eigenvalue weighted by atomic mass is 10.3. The van der Waals surface area contributed by atoms with Gasteiger partial charge in [-0.25, -0.2) is 0 Å². The third kappa shape index (κ3) is 4.42. The molecule has 1 amide bonds. The molecule has 3 N–H and O–H groups in total. The summed E-state index contributed by atoms with van der Waals surface area (Å²) in [5.41, 5.74) is 6.27. The van der Waals surface area contributed by atoms with Gasteiger partial charge >= 0.3 is 0 Å². The number of hydrogen-bond acceptors (Lipinski definition) is 4. The van der Waals surface area contributed by atoms with Crippen LogP contribution in [-0.4, -0.2) is 43.1 Å². The maximum atomic E-state index is 11.7. The second-order valence-corrected chi connectivity index (χ2v) is 5.25. The van der Waals surface area contributed by atoms with Crippen molar-refractivity contribution in [1.82, 2.24) is 10.2 Å². The molecule has 2 rings (SSSR count). The van der Waals surface area contributed by atoms with Gasteiger partial charge in [-0.05, 0) is 57.1 Å². The number of ether oxygens (including phenoxy) is 1. The van der Waals surface area contributed by atoms with E-state index in [1.807, 2.05) is 0 Å². The van der Waals surface area contributed by atoms with E-state index in [2.05, 4.69) is 17.1 Å². The first kappa shape index (κ1) is 14.7. The molecule has 1 aromatic carbocycles. The molecule has 0 aromatic heterocycles. The molecule has 1 unspecified atom stereocenters. The molecule has 5 heteroatoms. The van der Waals surface area contributed by atoms with Crippen molar-refractivity contribution in [2.75, 3.05) is 32.0 Å². The van der Waals surface area contributed by atoms with Crippen LogP contribution in [0, 0.1) is 0 Å². The van der Waals surface area contributed by atoms with E-state index in [1.54, 1.807) is 24.3 Å². The van der Waals surface area contributed by atoms with Gasteiger partial charge in [0.25, 0.3) is 5.91 Å². The van der Waals surface area contributed by atoms with Crippen LogP contribution in [0.15, 0.2) is 24.3 Å². The van der Waals surface area contributed by atoms with E-state index < -0.39 is 0 Å². The van der Waals surface area contributed by atoms with Crippen molar-refractivity contribution in [3.8, 4) is 5.75 Å². The number of hydrogen-bond donors (Lipinski definition) is 2. The monoisotopic (exact) mass is 277 g/mol. The van der Waals surface area contributed by atoms with Gasteiger partial charge in [0, 0.05) is 18.3 Å². The second-order valence-electron chi connectivity index (χ2n) is 5.25. The van der Waals surface area contributed by atoms with E-state index in [9.17, 15) is 4.79 Å². The Kier molecular flexibility index (Phi) is 5.24. The van der Waals surface area contributed by atoms with Gasteiger partial charge in [-0.2, -0.15) is 0 Å². The summed E-state index contributed by atoms with van der Waals surface area (Å²) < 4.78 is 5.40. The average Bonchev–Trinajstić information content (AvgIpc) is 2.98. The summed E-state index contributed by atoms with van der Waals surface area (Å²) >= 11 is 0. The molecular weight excluding hydrogens is 254 g/mol. The minimum absolute atomic E-state index is 0.0383. The molecule has 1 fully saturated rings. The Morgan fingerprint density at radius 1 is 1.35 bits per heavy atom. The SMILES string of the molecule is CC(CNC(=O)COc1ccc(N)cc1)N1CCCC1. The van der Waals surface area contributed by atoms with Crippen LogP contribution in [-0.2, 0) is 4.79 Å². The Balaban J connectivity index is 1.66. The third-order valence-electron chi connectivity index (χ3n) is 3.61. The summed E-state index contributed by atoms with van der Waals surface area (Å²) in [4.78, 5) is 14.1. The molecule has 1 aromatic rings. The Morgan fingerprint density at radius 3 is 2.65 bits per heavy atom. The Morgan fingerprint density at radius 2 is 2.00 bits per heavy atom. The maximum absolute atomic E-state index is 11.7. The number of carbonyl (C=O) groups is 1. The van der Waals surface area contributed by atoms with Gasteiger partial charge in [0.15, 0.2) is 6.61 Å². The first-order chi connectivity index (χ1) is 9.65. The summed E-state index contributed by atoms with van der Waals surface area (Å²) in [5, 5.41) is 2.91. The number of nitrogen functional groups attached to an aromatic ring is 1. The highest BCUT2D eigenvalue weighted by atomic mass is 16.5. The lowest BCUT2D eigenvalue weighted by Gasteiger charge is -2.23. The molecule has 20 heavy (non-hydrogen) atoms. The average molecular weight is 277 g/mol. The van der Waals surface area contributed by atoms with Crippen LogP contribution in [0.1, 0.15) is 19.8 Å². The first-order valence-corrected chi connectivity index (χ1v) is 7.14. The smallest absolute Gasteiger partial charge is 0.257 e. The number of nitrogens with zero attached hydrogens (tertiary/aromatic N) is 1. The molecule has 0 spiro atoms. The van der Waals surface area contributed by atoms with Gasteiger partial charge in [0.1, 0.15) is 5.75 Å². The minimum Gasteiger partial charge on any atom is -0.484 e. The number of rotatable bonds is 6. The van der Waals surface area contributed by atoms with E-state index in [1.165, 1.54) is 12.8 Å². The number of carbonyl (C=O) groups excluding carboxylic acids is 1. The number of nitrogens with two attached hydrogens (primary N) is 1. The summed E-state index contributed by atoms with van der Waals surface area (Å²) in [6, 6.07) is 7.41. The summed E-state index contributed by atoms with van der Waals surface area (Å²) in [6.07, 6.45) is 2.52. The highest BCUT2D eigenvalue weighted by molar-refractivity contribution is 5.77. The summed E-state index contributed by atoms with van der Waals surface area (Å²) in [7, 11) is 0. The Bertz CT molecular complexity index is 427. The van der Waals surface area contributed by atoms with E-state index in [0.29, 0.717) is 24.0 Å². The van der Waals surface area contributed by atoms with Crippen molar-refractivity contribution in [2.24, 2.45) is 0 Å². The predicted molar refractivity (Wildman–Crippen MR) is 79.6 cm³/mol. The van der Waals surface area contributed by atoms with E-state index in [4.69, 9.17) is 10.5 Å². The summed E-state index contributed by atoms with van der Waals surface area (Å²) in [5.74, 6) is 0.565. The molecule has 110 valence electrons. The predicted octanol–water partition coefficient (Wildman–Crippen LogP) is 1.25. The molecule has 5 nitrogen and oxygen atoms in total. The van der Waals surface area contributed by atoms with E-state index in [0.717, 1.165) is 13.1 Å². The molecule has 0 saturated carbocycles. The van der Waals surface area contributed by atoms with Gasteiger partial charge in [-0.1, -0.05) is 0 Å². The largest absolute Gasteiger partial charge is 0.484 e. The quantitative estimate of drug-likeness (QED) is 0.768. The van der Waals surface area contributed by atoms with Gasteiger partial charge in [-0.15, -0.1) is 0 Å². The van der Waals surface area contributed by atoms with E-state index in [-0.39, 0.29) is 12.5 Å². The number of benzene rings is 1. The summed E-state index contributed by atoms with van der Waals surface area (Å²) in [6.45, 7) is 5.13. The lowest BCUT2D eigenvalue weighted by molar-refractivity contribution is -0.123. The molecular formula is C15H23N3O2. The highest BCUT2D eigenvalue weighted by Crippen LogP contribution is 2.13. The van der Waals surface area contributed by atoms with Crippen LogP contribution in [0.3, 0.4) is 0 Å². The number of anilines is 1. The van der Waals surface area contributed by atoms with Crippen LogP contribution >= 0.6 is 0 Å². The molecule has 1 saturated heterocycles. The Hall–Kier alpha value is -1.75. The van der Waals surface area contributed by atoms with Crippen molar-refractivity contribution in [3.05, 3.63) is 24.3 Å². The number of amides is 1. The molecule has 1 heterocycles. The van der Waals surface area contributed by atoms with Crippen molar-refractivity contribution < 1.29 is 9.53 Å². The van der Waals surface area contributed by atoms with E-state index >= 15 is 0 Å². The minimum atomic E-state index is -0.0899. The van der Waals surface area contributed by atoms with Crippen LogP contribution in [0.2, 0.25) is 0 Å². The Labute approximate surface area is 120 Å². The zero-order chi connectivity index (χ0) is 14.4. The normalized spacial score (nSPS) is 16.9. The van der Waals surface area contributed by atoms with Crippen molar-refractivity contribution in [2.45, 2.75) is 25.8 Å². The fraction of sp³-hybridized carbons (Fsp3) is 0.533. The molecule has 1 aliphatic heterocycles. The van der Waals surface area contributed by atoms with Crippen molar-refractivity contribution in [3.63, 3.8) is 0 Å². The number of likely N-dealkylation sites (tertiary alicyclic amines) is 1. The highest BCUT2D eigenvalue weighted by Gasteiger charge is 2.18. The third-order valence-corrected chi connectivity index (χ3v) is 3.61. The zero-order valence-corrected chi connectivity index (χ0v) is 12.0. The van der Waals surface area contributed by atoms with Gasteiger partial charge in [-0.3, -0.25) is 9.69 Å². The van der Waals surface area contributed by atoms with Gasteiger partial charge in [0.2, 0.25) is 0 Å². The van der Waals surface area contributed by atoms with Crippen LogP contribution in [0.5, 0.6) is 5.75 Å². The fourth-order valence-electron chi connectivity index (χ4n) is 2.34. The topological polar surface area (TPSA) is 67.6 Å². The molecule has 0 radical (unpaired) electrons. The van der Waals surface area contributed by atoms with Crippen molar-refractivity contribution in [1.29, 1.82) is 0 Å². The zero-order valence-electron chi connectivity index (χ0n) is 12.0. The molecule has 1 atom stereocenters.